The molecule has 1 aromatic rings. The third kappa shape index (κ3) is 1.56. The smallest absolute Gasteiger partial charge is 0.277 e. The molecule has 0 fully saturated rings. The van der Waals surface area contributed by atoms with Gasteiger partial charge in [0.25, 0.3) is 0 Å². The fourth-order valence-corrected chi connectivity index (χ4v) is 0.937. The molecule has 4 heteroatoms. The van der Waals surface area contributed by atoms with Crippen molar-refractivity contribution in [3.8, 4) is 0 Å². The van der Waals surface area contributed by atoms with Gasteiger partial charge >= 0.3 is 6.55 Å². The normalized spacial score (nSPS) is 11.5. The minimum absolute atomic E-state index is 0.0407. The molecular weight excluding hydrogens is 150 g/mol. The number of hydrogen-bond acceptors (Lipinski definition) is 1. The molecule has 0 N–H and O–H groups in total. The van der Waals surface area contributed by atoms with Gasteiger partial charge in [-0.3, -0.25) is 4.57 Å². The number of alkyl halides is 2. The summed E-state index contributed by atoms with van der Waals surface area (Å²) in [5, 5.41) is 0. The molecule has 0 aliphatic rings. The zero-order valence-electron chi connectivity index (χ0n) is 6.46. The molecule has 0 bridgehead atoms. The summed E-state index contributed by atoms with van der Waals surface area (Å²) in [7, 11) is 0. The third-order valence-electron chi connectivity index (χ3n) is 1.43. The van der Waals surface area contributed by atoms with Crippen molar-refractivity contribution in [2.45, 2.75) is 26.3 Å². The Morgan fingerprint density at radius 1 is 1.45 bits per heavy atom. The van der Waals surface area contributed by atoms with E-state index in [1.807, 2.05) is 13.8 Å². The molecule has 0 aromatic carbocycles. The van der Waals surface area contributed by atoms with Gasteiger partial charge in [-0.2, -0.15) is 8.78 Å². The highest BCUT2D eigenvalue weighted by Crippen LogP contribution is 2.18. The van der Waals surface area contributed by atoms with Gasteiger partial charge in [0.05, 0.1) is 0 Å². The second-order valence-corrected chi connectivity index (χ2v) is 2.63. The highest BCUT2D eigenvalue weighted by Gasteiger charge is 2.12. The zero-order chi connectivity index (χ0) is 8.43. The summed E-state index contributed by atoms with van der Waals surface area (Å²) in [5.74, 6) is 0.471. The lowest BCUT2D eigenvalue weighted by molar-refractivity contribution is 0.0662. The maximum atomic E-state index is 12.1. The average molecular weight is 160 g/mol. The standard InChI is InChI=1S/C7H10F2N2/c1-5(2)6-10-3-4-11(6)7(8)9/h3-5,7H,1-2H3. The molecular formula is C7H10F2N2. The van der Waals surface area contributed by atoms with Crippen molar-refractivity contribution < 1.29 is 8.78 Å². The van der Waals surface area contributed by atoms with Gasteiger partial charge in [-0.15, -0.1) is 0 Å². The van der Waals surface area contributed by atoms with E-state index < -0.39 is 6.55 Å². The third-order valence-corrected chi connectivity index (χ3v) is 1.43. The van der Waals surface area contributed by atoms with Crippen LogP contribution in [0.2, 0.25) is 0 Å². The van der Waals surface area contributed by atoms with Crippen molar-refractivity contribution in [1.82, 2.24) is 9.55 Å². The van der Waals surface area contributed by atoms with Crippen molar-refractivity contribution in [2.75, 3.05) is 0 Å². The molecule has 1 heterocycles. The van der Waals surface area contributed by atoms with Crippen LogP contribution >= 0.6 is 0 Å². The Morgan fingerprint density at radius 3 is 2.45 bits per heavy atom. The van der Waals surface area contributed by atoms with Crippen molar-refractivity contribution in [3.63, 3.8) is 0 Å². The minimum atomic E-state index is -2.48. The predicted octanol–water partition coefficient (Wildman–Crippen LogP) is 2.40. The highest BCUT2D eigenvalue weighted by molar-refractivity contribution is 4.97. The molecule has 11 heavy (non-hydrogen) atoms. The Hall–Kier alpha value is -0.930. The van der Waals surface area contributed by atoms with Crippen molar-refractivity contribution in [1.29, 1.82) is 0 Å². The summed E-state index contributed by atoms with van der Waals surface area (Å²) in [6.45, 7) is 1.19. The SMILES string of the molecule is CC(C)c1nccn1C(F)F. The van der Waals surface area contributed by atoms with E-state index in [1.165, 1.54) is 12.4 Å². The number of rotatable bonds is 2. The molecule has 1 aromatic heterocycles. The Bertz CT molecular complexity index is 208. The molecule has 0 aliphatic carbocycles. The molecule has 2 nitrogen and oxygen atoms in total. The number of aromatic nitrogens is 2. The van der Waals surface area contributed by atoms with Gasteiger partial charge < -0.3 is 0 Å². The van der Waals surface area contributed by atoms with E-state index in [9.17, 15) is 8.78 Å². The van der Waals surface area contributed by atoms with Crippen LogP contribution in [0.1, 0.15) is 32.1 Å². The van der Waals surface area contributed by atoms with E-state index in [4.69, 9.17) is 0 Å². The van der Waals surface area contributed by atoms with Crippen LogP contribution in [0.4, 0.5) is 8.78 Å². The van der Waals surface area contributed by atoms with Crippen LogP contribution in [0.3, 0.4) is 0 Å². The first kappa shape index (κ1) is 8.17. The van der Waals surface area contributed by atoms with Gasteiger partial charge in [0.15, 0.2) is 0 Å². The number of nitrogens with zero attached hydrogens (tertiary/aromatic N) is 2. The molecule has 0 saturated heterocycles. The molecule has 0 aliphatic heterocycles. The molecule has 0 saturated carbocycles. The van der Waals surface area contributed by atoms with Crippen LogP contribution in [-0.2, 0) is 0 Å². The fourth-order valence-electron chi connectivity index (χ4n) is 0.937. The topological polar surface area (TPSA) is 17.8 Å². The Morgan fingerprint density at radius 2 is 2.09 bits per heavy atom. The predicted molar refractivity (Wildman–Crippen MR) is 37.6 cm³/mol. The van der Waals surface area contributed by atoms with Gasteiger partial charge in [0.2, 0.25) is 0 Å². The summed E-state index contributed by atoms with van der Waals surface area (Å²) in [4.78, 5) is 3.82. The highest BCUT2D eigenvalue weighted by atomic mass is 19.3. The van der Waals surface area contributed by atoms with Crippen molar-refractivity contribution >= 4 is 0 Å². The van der Waals surface area contributed by atoms with E-state index in [1.54, 1.807) is 0 Å². The van der Waals surface area contributed by atoms with Gasteiger partial charge in [0.1, 0.15) is 5.82 Å². The van der Waals surface area contributed by atoms with Crippen LogP contribution < -0.4 is 0 Å². The lowest BCUT2D eigenvalue weighted by atomic mass is 10.2. The Balaban J connectivity index is 2.96. The molecule has 62 valence electrons. The number of imidazole rings is 1. The second-order valence-electron chi connectivity index (χ2n) is 2.63. The average Bonchev–Trinajstić information content (AvgIpc) is 2.32. The summed E-state index contributed by atoms with van der Waals surface area (Å²) < 4.78 is 25.2. The molecule has 1 rings (SSSR count). The molecule has 0 radical (unpaired) electrons. The second kappa shape index (κ2) is 2.98. The van der Waals surface area contributed by atoms with Gasteiger partial charge in [-0.1, -0.05) is 13.8 Å². The van der Waals surface area contributed by atoms with Crippen LogP contribution in [0, 0.1) is 0 Å². The van der Waals surface area contributed by atoms with E-state index in [0.717, 1.165) is 4.57 Å². The van der Waals surface area contributed by atoms with Crippen LogP contribution in [0.5, 0.6) is 0 Å². The summed E-state index contributed by atoms with van der Waals surface area (Å²) in [6, 6.07) is 0. The largest absolute Gasteiger partial charge is 0.319 e. The maximum Gasteiger partial charge on any atom is 0.319 e. The zero-order valence-corrected chi connectivity index (χ0v) is 6.46. The van der Waals surface area contributed by atoms with E-state index in [2.05, 4.69) is 4.98 Å². The van der Waals surface area contributed by atoms with Crippen molar-refractivity contribution in [2.24, 2.45) is 0 Å². The fraction of sp³-hybridized carbons (Fsp3) is 0.571. The number of halogens is 2. The number of hydrogen-bond donors (Lipinski definition) is 0. The molecule has 0 unspecified atom stereocenters. The van der Waals surface area contributed by atoms with E-state index >= 15 is 0 Å². The Labute approximate surface area is 63.9 Å². The lowest BCUT2D eigenvalue weighted by Gasteiger charge is -2.07. The first-order valence-corrected chi connectivity index (χ1v) is 3.43. The molecule has 0 amide bonds. The molecule has 0 spiro atoms. The van der Waals surface area contributed by atoms with Crippen LogP contribution in [0.25, 0.3) is 0 Å². The minimum Gasteiger partial charge on any atom is -0.277 e. The lowest BCUT2D eigenvalue weighted by Crippen LogP contribution is -2.04. The monoisotopic (exact) mass is 160 g/mol. The summed E-state index contributed by atoms with van der Waals surface area (Å²) in [6.07, 6.45) is 2.68. The van der Waals surface area contributed by atoms with Gasteiger partial charge in [-0.25, -0.2) is 4.98 Å². The van der Waals surface area contributed by atoms with Crippen molar-refractivity contribution in [3.05, 3.63) is 18.2 Å². The van der Waals surface area contributed by atoms with Crippen LogP contribution in [0.15, 0.2) is 12.4 Å². The van der Waals surface area contributed by atoms with Crippen LogP contribution in [-0.4, -0.2) is 9.55 Å². The van der Waals surface area contributed by atoms with Gasteiger partial charge in [-0.05, 0) is 0 Å². The van der Waals surface area contributed by atoms with Gasteiger partial charge in [0, 0.05) is 18.3 Å². The maximum absolute atomic E-state index is 12.1. The summed E-state index contributed by atoms with van der Waals surface area (Å²) >= 11 is 0. The first-order valence-electron chi connectivity index (χ1n) is 3.43. The Kier molecular flexibility index (Phi) is 2.22. The van der Waals surface area contributed by atoms with E-state index in [-0.39, 0.29) is 5.92 Å². The first-order chi connectivity index (χ1) is 5.13. The molecule has 0 atom stereocenters. The van der Waals surface area contributed by atoms with E-state index in [0.29, 0.717) is 5.82 Å². The quantitative estimate of drug-likeness (QED) is 0.649. The summed E-state index contributed by atoms with van der Waals surface area (Å²) in [5.41, 5.74) is 0.